The van der Waals surface area contributed by atoms with Crippen molar-refractivity contribution in [3.63, 3.8) is 0 Å². The van der Waals surface area contributed by atoms with Gasteiger partial charge in [-0.05, 0) is 47.5 Å². The smallest absolute Gasteiger partial charge is 0.227 e. The summed E-state index contributed by atoms with van der Waals surface area (Å²) in [5.74, 6) is 0.0147. The molecule has 0 bridgehead atoms. The summed E-state index contributed by atoms with van der Waals surface area (Å²) in [7, 11) is 0. The number of benzene rings is 3. The lowest BCUT2D eigenvalue weighted by Gasteiger charge is -2.15. The molecule has 0 spiro atoms. The molecule has 0 fully saturated rings. The summed E-state index contributed by atoms with van der Waals surface area (Å²) in [6.07, 6.45) is -0.799. The lowest BCUT2D eigenvalue weighted by Crippen LogP contribution is -2.26. The van der Waals surface area contributed by atoms with E-state index < -0.39 is 6.10 Å². The number of halogens is 2. The quantitative estimate of drug-likeness (QED) is 0.449. The van der Waals surface area contributed by atoms with Crippen LogP contribution in [0.4, 0.5) is 4.39 Å². The zero-order chi connectivity index (χ0) is 21.8. The topological polar surface area (TPSA) is 67.2 Å². The summed E-state index contributed by atoms with van der Waals surface area (Å²) < 4.78 is 15.0. The first-order valence-electron chi connectivity index (χ1n) is 9.88. The minimum Gasteiger partial charge on any atom is -0.387 e. The number of amides is 1. The normalized spacial score (nSPS) is 12.1. The molecular weight excluding hydrogens is 417 g/mol. The minimum absolute atomic E-state index is 0.0679. The van der Waals surface area contributed by atoms with E-state index in [0.717, 1.165) is 16.6 Å². The highest BCUT2D eigenvalue weighted by Gasteiger charge is 2.17. The molecule has 0 saturated heterocycles. The van der Waals surface area contributed by atoms with Crippen LogP contribution in [0.2, 0.25) is 5.02 Å². The van der Waals surface area contributed by atoms with E-state index in [1.54, 1.807) is 24.3 Å². The van der Waals surface area contributed by atoms with Crippen LogP contribution in [-0.4, -0.2) is 20.6 Å². The van der Waals surface area contributed by atoms with Gasteiger partial charge in [-0.15, -0.1) is 0 Å². The lowest BCUT2D eigenvalue weighted by molar-refractivity contribution is -0.120. The third kappa shape index (κ3) is 5.10. The summed E-state index contributed by atoms with van der Waals surface area (Å²) in [5, 5.41) is 14.2. The molecule has 31 heavy (non-hydrogen) atoms. The van der Waals surface area contributed by atoms with Crippen LogP contribution in [-0.2, 0) is 24.3 Å². The number of aromatic nitrogens is 2. The van der Waals surface area contributed by atoms with Crippen molar-refractivity contribution >= 4 is 28.5 Å². The molecule has 7 heteroatoms. The number of imidazole rings is 1. The van der Waals surface area contributed by atoms with Crippen LogP contribution >= 0.6 is 11.6 Å². The van der Waals surface area contributed by atoms with Gasteiger partial charge in [0.25, 0.3) is 0 Å². The van der Waals surface area contributed by atoms with E-state index in [-0.39, 0.29) is 24.7 Å². The number of fused-ring (bicyclic) bond motifs is 1. The van der Waals surface area contributed by atoms with Crippen molar-refractivity contribution in [3.8, 4) is 0 Å². The molecular formula is C24H21ClFN3O2. The number of para-hydroxylation sites is 2. The first kappa shape index (κ1) is 21.0. The van der Waals surface area contributed by atoms with Crippen LogP contribution < -0.4 is 5.32 Å². The molecule has 5 nitrogen and oxygen atoms in total. The van der Waals surface area contributed by atoms with Crippen LogP contribution in [0.25, 0.3) is 11.0 Å². The van der Waals surface area contributed by atoms with Crippen LogP contribution in [0, 0.1) is 5.82 Å². The van der Waals surface area contributed by atoms with Crippen molar-refractivity contribution in [2.24, 2.45) is 0 Å². The van der Waals surface area contributed by atoms with Gasteiger partial charge in [0.2, 0.25) is 5.91 Å². The van der Waals surface area contributed by atoms with E-state index in [0.29, 0.717) is 23.0 Å². The zero-order valence-corrected chi connectivity index (χ0v) is 17.4. The van der Waals surface area contributed by atoms with Crippen molar-refractivity contribution < 1.29 is 14.3 Å². The number of nitrogens with zero attached hydrogens (tertiary/aromatic N) is 2. The molecule has 0 aliphatic rings. The van der Waals surface area contributed by atoms with Gasteiger partial charge in [0, 0.05) is 11.6 Å². The first-order valence-corrected chi connectivity index (χ1v) is 10.3. The summed E-state index contributed by atoms with van der Waals surface area (Å²) >= 11 is 5.89. The summed E-state index contributed by atoms with van der Waals surface area (Å²) in [4.78, 5) is 17.2. The maximum atomic E-state index is 13.2. The van der Waals surface area contributed by atoms with E-state index >= 15 is 0 Å². The highest BCUT2D eigenvalue weighted by atomic mass is 35.5. The Balaban J connectivity index is 1.52. The molecule has 158 valence electrons. The van der Waals surface area contributed by atoms with Crippen molar-refractivity contribution in [2.45, 2.75) is 25.6 Å². The van der Waals surface area contributed by atoms with Gasteiger partial charge in [-0.2, -0.15) is 0 Å². The average molecular weight is 438 g/mol. The molecule has 0 saturated carbocycles. The molecule has 4 rings (SSSR count). The number of hydrogen-bond donors (Lipinski definition) is 2. The standard InChI is InChI=1S/C24H21ClFN3O2/c25-18-9-5-16(6-10-18)14-27-24(31)13-23-28-20-3-1-2-4-21(20)29(23)15-22(30)17-7-11-19(26)12-8-17/h1-12,22,30H,13-15H2,(H,27,31)/t22-/m0/s1. The number of carbonyl (C=O) groups excluding carboxylic acids is 1. The first-order chi connectivity index (χ1) is 15.0. The molecule has 1 amide bonds. The molecule has 1 atom stereocenters. The molecule has 3 aromatic carbocycles. The molecule has 4 aromatic rings. The van der Waals surface area contributed by atoms with Gasteiger partial charge in [-0.25, -0.2) is 9.37 Å². The number of carbonyl (C=O) groups is 1. The monoisotopic (exact) mass is 437 g/mol. The van der Waals surface area contributed by atoms with Gasteiger partial charge in [0.05, 0.1) is 30.1 Å². The maximum absolute atomic E-state index is 13.2. The van der Waals surface area contributed by atoms with E-state index in [1.165, 1.54) is 12.1 Å². The summed E-state index contributed by atoms with van der Waals surface area (Å²) in [5.41, 5.74) is 3.11. The van der Waals surface area contributed by atoms with Crippen LogP contribution in [0.1, 0.15) is 23.1 Å². The van der Waals surface area contributed by atoms with Crippen molar-refractivity contribution in [3.05, 3.63) is 101 Å². The van der Waals surface area contributed by atoms with Crippen LogP contribution in [0.15, 0.2) is 72.8 Å². The SMILES string of the molecule is O=C(Cc1nc2ccccc2n1C[C@H](O)c1ccc(F)cc1)NCc1ccc(Cl)cc1. The van der Waals surface area contributed by atoms with Crippen LogP contribution in [0.5, 0.6) is 0 Å². The average Bonchev–Trinajstić information content (AvgIpc) is 3.10. The number of aliphatic hydroxyl groups is 1. The third-order valence-electron chi connectivity index (χ3n) is 5.07. The van der Waals surface area contributed by atoms with Gasteiger partial charge < -0.3 is 15.0 Å². The Hall–Kier alpha value is -3.22. The molecule has 0 aliphatic carbocycles. The van der Waals surface area contributed by atoms with E-state index in [4.69, 9.17) is 11.6 Å². The molecule has 0 unspecified atom stereocenters. The fourth-order valence-electron chi connectivity index (χ4n) is 3.44. The second kappa shape index (κ2) is 9.29. The predicted octanol–water partition coefficient (Wildman–Crippen LogP) is 4.42. The van der Waals surface area contributed by atoms with Gasteiger partial charge in [0.15, 0.2) is 0 Å². The molecule has 2 N–H and O–H groups in total. The van der Waals surface area contributed by atoms with Gasteiger partial charge in [-0.1, -0.05) is 48.0 Å². The molecule has 1 aromatic heterocycles. The predicted molar refractivity (Wildman–Crippen MR) is 118 cm³/mol. The zero-order valence-electron chi connectivity index (χ0n) is 16.6. The van der Waals surface area contributed by atoms with Gasteiger partial charge in [0.1, 0.15) is 11.6 Å². The molecule has 0 radical (unpaired) electrons. The summed E-state index contributed by atoms with van der Waals surface area (Å²) in [6, 6.07) is 20.5. The number of hydrogen-bond acceptors (Lipinski definition) is 3. The number of rotatable bonds is 7. The van der Waals surface area contributed by atoms with E-state index in [1.807, 2.05) is 41.0 Å². The maximum Gasteiger partial charge on any atom is 0.227 e. The fourth-order valence-corrected chi connectivity index (χ4v) is 3.56. The Kier molecular flexibility index (Phi) is 6.30. The Labute approximate surface area is 184 Å². The lowest BCUT2D eigenvalue weighted by atomic mass is 10.1. The second-order valence-electron chi connectivity index (χ2n) is 7.27. The van der Waals surface area contributed by atoms with Gasteiger partial charge >= 0.3 is 0 Å². The highest BCUT2D eigenvalue weighted by Crippen LogP contribution is 2.22. The van der Waals surface area contributed by atoms with Crippen molar-refractivity contribution in [2.75, 3.05) is 0 Å². The Morgan fingerprint density at radius 2 is 1.77 bits per heavy atom. The second-order valence-corrected chi connectivity index (χ2v) is 7.71. The third-order valence-corrected chi connectivity index (χ3v) is 5.32. The summed E-state index contributed by atoms with van der Waals surface area (Å²) in [6.45, 7) is 0.584. The molecule has 0 aliphatic heterocycles. The number of aliphatic hydroxyl groups excluding tert-OH is 1. The van der Waals surface area contributed by atoms with Gasteiger partial charge in [-0.3, -0.25) is 4.79 Å². The van der Waals surface area contributed by atoms with Crippen molar-refractivity contribution in [1.82, 2.24) is 14.9 Å². The highest BCUT2D eigenvalue weighted by molar-refractivity contribution is 6.30. The number of nitrogens with one attached hydrogen (secondary N) is 1. The van der Waals surface area contributed by atoms with E-state index in [2.05, 4.69) is 10.3 Å². The fraction of sp³-hybridized carbons (Fsp3) is 0.167. The Morgan fingerprint density at radius 1 is 1.06 bits per heavy atom. The van der Waals surface area contributed by atoms with E-state index in [9.17, 15) is 14.3 Å². The van der Waals surface area contributed by atoms with Crippen molar-refractivity contribution in [1.29, 1.82) is 0 Å². The largest absolute Gasteiger partial charge is 0.387 e. The van der Waals surface area contributed by atoms with Crippen LogP contribution in [0.3, 0.4) is 0 Å². The Morgan fingerprint density at radius 3 is 2.52 bits per heavy atom. The Bertz CT molecular complexity index is 1190. The molecule has 1 heterocycles. The minimum atomic E-state index is -0.867.